The smallest absolute Gasteiger partial charge is 0.185 e. The molecule has 2 rings (SSSR count). The second kappa shape index (κ2) is 9.38. The van der Waals surface area contributed by atoms with E-state index in [1.807, 2.05) is 6.20 Å². The number of unbranched alkanes of at least 4 members (excludes halogenated alkanes) is 3. The first-order chi connectivity index (χ1) is 10.3. The van der Waals surface area contributed by atoms with Gasteiger partial charge in [0, 0.05) is 43.8 Å². The number of piperazine rings is 1. The third-order valence-electron chi connectivity index (χ3n) is 4.02. The van der Waals surface area contributed by atoms with E-state index in [0.717, 1.165) is 13.1 Å². The normalized spacial score (nSPS) is 16.8. The first-order valence-corrected chi connectivity index (χ1v) is 9.24. The molecule has 0 saturated carbocycles. The van der Waals surface area contributed by atoms with Gasteiger partial charge in [-0.3, -0.25) is 4.90 Å². The number of hydrogen-bond donors (Lipinski definition) is 1. The van der Waals surface area contributed by atoms with E-state index in [1.54, 1.807) is 11.3 Å². The Hall–Kier alpha value is -0.650. The third-order valence-corrected chi connectivity index (χ3v) is 4.85. The van der Waals surface area contributed by atoms with Crippen LogP contribution in [-0.4, -0.2) is 55.2 Å². The van der Waals surface area contributed by atoms with Crippen LogP contribution in [0.1, 0.15) is 39.5 Å². The van der Waals surface area contributed by atoms with Gasteiger partial charge in [-0.05, 0) is 25.9 Å². The van der Waals surface area contributed by atoms with Gasteiger partial charge in [0.25, 0.3) is 0 Å². The Balaban J connectivity index is 1.48. The van der Waals surface area contributed by atoms with Gasteiger partial charge >= 0.3 is 0 Å². The molecule has 1 fully saturated rings. The molecule has 0 unspecified atom stereocenters. The molecule has 21 heavy (non-hydrogen) atoms. The molecule has 0 bridgehead atoms. The fraction of sp³-hybridized carbons (Fsp3) is 0.812. The van der Waals surface area contributed by atoms with Crippen molar-refractivity contribution in [3.63, 3.8) is 0 Å². The summed E-state index contributed by atoms with van der Waals surface area (Å²) in [5.41, 5.74) is 0. The highest BCUT2D eigenvalue weighted by atomic mass is 32.1. The predicted octanol–water partition coefficient (Wildman–Crippen LogP) is 2.82. The van der Waals surface area contributed by atoms with Crippen molar-refractivity contribution in [1.29, 1.82) is 0 Å². The molecule has 0 aliphatic carbocycles. The lowest BCUT2D eigenvalue weighted by atomic mass is 10.1. The lowest BCUT2D eigenvalue weighted by Crippen LogP contribution is -2.46. The number of nitrogens with one attached hydrogen (secondary N) is 1. The molecule has 5 heteroatoms. The maximum Gasteiger partial charge on any atom is 0.185 e. The van der Waals surface area contributed by atoms with Crippen LogP contribution in [0.2, 0.25) is 0 Å². The number of hydrogen-bond acceptors (Lipinski definition) is 5. The molecule has 1 aliphatic heterocycles. The highest BCUT2D eigenvalue weighted by Gasteiger charge is 2.17. The van der Waals surface area contributed by atoms with Crippen LogP contribution < -0.4 is 10.2 Å². The SMILES string of the molecule is CC(C)NCCCCCCN1CCN(c2nccs2)CC1. The summed E-state index contributed by atoms with van der Waals surface area (Å²) in [5, 5.41) is 6.74. The first kappa shape index (κ1) is 16.7. The molecule has 120 valence electrons. The summed E-state index contributed by atoms with van der Waals surface area (Å²) in [6.07, 6.45) is 7.29. The highest BCUT2D eigenvalue weighted by molar-refractivity contribution is 7.13. The Labute approximate surface area is 133 Å². The van der Waals surface area contributed by atoms with Crippen molar-refractivity contribution in [2.45, 2.75) is 45.6 Å². The highest BCUT2D eigenvalue weighted by Crippen LogP contribution is 2.18. The third kappa shape index (κ3) is 6.32. The molecule has 0 spiro atoms. The minimum atomic E-state index is 0.624. The molecular weight excluding hydrogens is 280 g/mol. The number of nitrogens with zero attached hydrogens (tertiary/aromatic N) is 3. The molecule has 2 heterocycles. The average Bonchev–Trinajstić information content (AvgIpc) is 3.01. The van der Waals surface area contributed by atoms with E-state index in [4.69, 9.17) is 0 Å². The van der Waals surface area contributed by atoms with Gasteiger partial charge in [-0.15, -0.1) is 11.3 Å². The lowest BCUT2D eigenvalue weighted by molar-refractivity contribution is 0.252. The fourth-order valence-electron chi connectivity index (χ4n) is 2.74. The van der Waals surface area contributed by atoms with Crippen LogP contribution in [0.15, 0.2) is 11.6 Å². The minimum Gasteiger partial charge on any atom is -0.346 e. The van der Waals surface area contributed by atoms with Crippen LogP contribution in [0.4, 0.5) is 5.13 Å². The molecule has 1 aromatic rings. The molecule has 1 saturated heterocycles. The van der Waals surface area contributed by atoms with E-state index >= 15 is 0 Å². The molecule has 0 radical (unpaired) electrons. The van der Waals surface area contributed by atoms with Crippen molar-refractivity contribution in [1.82, 2.24) is 15.2 Å². The summed E-state index contributed by atoms with van der Waals surface area (Å²) < 4.78 is 0. The van der Waals surface area contributed by atoms with Gasteiger partial charge < -0.3 is 10.2 Å². The summed E-state index contributed by atoms with van der Waals surface area (Å²) in [6, 6.07) is 0.624. The predicted molar refractivity (Wildman–Crippen MR) is 92.4 cm³/mol. The van der Waals surface area contributed by atoms with Crippen molar-refractivity contribution >= 4 is 16.5 Å². The van der Waals surface area contributed by atoms with Crippen molar-refractivity contribution in [3.05, 3.63) is 11.6 Å². The van der Waals surface area contributed by atoms with Crippen LogP contribution in [0, 0.1) is 0 Å². The number of aromatic nitrogens is 1. The fourth-order valence-corrected chi connectivity index (χ4v) is 3.44. The number of anilines is 1. The molecule has 0 aromatic carbocycles. The Kier molecular flexibility index (Phi) is 7.47. The van der Waals surface area contributed by atoms with Gasteiger partial charge in [0.15, 0.2) is 5.13 Å². The van der Waals surface area contributed by atoms with Crippen molar-refractivity contribution < 1.29 is 0 Å². The Morgan fingerprint density at radius 3 is 2.57 bits per heavy atom. The molecule has 1 N–H and O–H groups in total. The molecule has 4 nitrogen and oxygen atoms in total. The van der Waals surface area contributed by atoms with Gasteiger partial charge in [-0.2, -0.15) is 0 Å². The van der Waals surface area contributed by atoms with Crippen LogP contribution in [0.25, 0.3) is 0 Å². The standard InChI is InChI=1S/C16H30N4S/c1-15(2)17-7-5-3-4-6-9-19-10-12-20(13-11-19)16-18-8-14-21-16/h8,14-15,17H,3-7,9-13H2,1-2H3. The lowest BCUT2D eigenvalue weighted by Gasteiger charge is -2.34. The number of thiazole rings is 1. The van der Waals surface area contributed by atoms with Crippen LogP contribution in [0.3, 0.4) is 0 Å². The maximum atomic E-state index is 4.40. The summed E-state index contributed by atoms with van der Waals surface area (Å²) in [6.45, 7) is 11.5. The summed E-state index contributed by atoms with van der Waals surface area (Å²) >= 11 is 1.75. The number of rotatable bonds is 9. The van der Waals surface area contributed by atoms with Gasteiger partial charge in [0.05, 0.1) is 0 Å². The van der Waals surface area contributed by atoms with Crippen LogP contribution >= 0.6 is 11.3 Å². The van der Waals surface area contributed by atoms with Gasteiger partial charge in [-0.25, -0.2) is 4.98 Å². The zero-order valence-corrected chi connectivity index (χ0v) is 14.4. The largest absolute Gasteiger partial charge is 0.346 e. The Bertz CT molecular complexity index is 358. The Morgan fingerprint density at radius 1 is 1.14 bits per heavy atom. The summed E-state index contributed by atoms with van der Waals surface area (Å²) in [5.74, 6) is 0. The van der Waals surface area contributed by atoms with E-state index in [-0.39, 0.29) is 0 Å². The van der Waals surface area contributed by atoms with E-state index in [2.05, 4.69) is 39.3 Å². The van der Waals surface area contributed by atoms with Crippen LogP contribution in [0.5, 0.6) is 0 Å². The van der Waals surface area contributed by atoms with Crippen molar-refractivity contribution in [2.24, 2.45) is 0 Å². The van der Waals surface area contributed by atoms with Gasteiger partial charge in [0.2, 0.25) is 0 Å². The van der Waals surface area contributed by atoms with Crippen LogP contribution in [-0.2, 0) is 0 Å². The minimum absolute atomic E-state index is 0.624. The molecular formula is C16H30N4S. The topological polar surface area (TPSA) is 31.4 Å². The molecule has 0 amide bonds. The zero-order valence-electron chi connectivity index (χ0n) is 13.6. The van der Waals surface area contributed by atoms with Crippen molar-refractivity contribution in [3.8, 4) is 0 Å². The van der Waals surface area contributed by atoms with Crippen molar-refractivity contribution in [2.75, 3.05) is 44.2 Å². The summed E-state index contributed by atoms with van der Waals surface area (Å²) in [4.78, 5) is 9.42. The van der Waals surface area contributed by atoms with E-state index in [9.17, 15) is 0 Å². The van der Waals surface area contributed by atoms with E-state index in [0.29, 0.717) is 6.04 Å². The van der Waals surface area contributed by atoms with Gasteiger partial charge in [0.1, 0.15) is 0 Å². The quantitative estimate of drug-likeness (QED) is 0.711. The maximum absolute atomic E-state index is 4.40. The Morgan fingerprint density at radius 2 is 1.90 bits per heavy atom. The second-order valence-corrected chi connectivity index (χ2v) is 7.04. The molecule has 1 aliphatic rings. The molecule has 0 atom stereocenters. The van der Waals surface area contributed by atoms with E-state index in [1.165, 1.54) is 57.0 Å². The zero-order chi connectivity index (χ0) is 14.9. The summed E-state index contributed by atoms with van der Waals surface area (Å²) in [7, 11) is 0. The average molecular weight is 311 g/mol. The first-order valence-electron chi connectivity index (χ1n) is 8.36. The van der Waals surface area contributed by atoms with E-state index < -0.39 is 0 Å². The monoisotopic (exact) mass is 310 g/mol. The second-order valence-electron chi connectivity index (χ2n) is 6.17. The molecule has 1 aromatic heterocycles. The van der Waals surface area contributed by atoms with Gasteiger partial charge in [-0.1, -0.05) is 26.7 Å².